The Labute approximate surface area is 144 Å². The van der Waals surface area contributed by atoms with Gasteiger partial charge < -0.3 is 20.3 Å². The summed E-state index contributed by atoms with van der Waals surface area (Å²) in [5.41, 5.74) is 1.31. The van der Waals surface area contributed by atoms with Gasteiger partial charge in [0, 0.05) is 6.04 Å². The zero-order valence-electron chi connectivity index (χ0n) is 13.0. The fourth-order valence-electron chi connectivity index (χ4n) is 2.75. The third-order valence-electron chi connectivity index (χ3n) is 3.88. The number of rotatable bonds is 3. The number of fused-ring (bicyclic) bond motifs is 1. The minimum Gasteiger partial charge on any atom is -0.388 e. The number of nitrogens with zero attached hydrogens (tertiary/aromatic N) is 2. The van der Waals surface area contributed by atoms with Crippen LogP contribution in [0.5, 0.6) is 0 Å². The van der Waals surface area contributed by atoms with Gasteiger partial charge in [0.2, 0.25) is 5.95 Å². The molecule has 1 aromatic carbocycles. The van der Waals surface area contributed by atoms with Crippen molar-refractivity contribution in [3.8, 4) is 0 Å². The number of aliphatic hydroxyl groups excluding tert-OH is 2. The van der Waals surface area contributed by atoms with Crippen molar-refractivity contribution >= 4 is 40.2 Å². The molecule has 0 amide bonds. The predicted octanol–water partition coefficient (Wildman–Crippen LogP) is 2.80. The number of aliphatic hydroxyl groups is 2. The van der Waals surface area contributed by atoms with Crippen molar-refractivity contribution in [2.45, 2.75) is 51.4 Å². The molecule has 23 heavy (non-hydrogen) atoms. The average Bonchev–Trinajstić information content (AvgIpc) is 2.91. The van der Waals surface area contributed by atoms with Crippen molar-refractivity contribution in [3.05, 3.63) is 22.2 Å². The number of benzene rings is 1. The summed E-state index contributed by atoms with van der Waals surface area (Å²) in [6, 6.07) is 3.48. The zero-order valence-corrected chi connectivity index (χ0v) is 14.5. The lowest BCUT2D eigenvalue weighted by atomic mass is 10.1. The first-order chi connectivity index (χ1) is 10.8. The second-order valence-corrected chi connectivity index (χ2v) is 6.89. The molecule has 1 aliphatic heterocycles. The lowest BCUT2D eigenvalue weighted by Crippen LogP contribution is -2.31. The van der Waals surface area contributed by atoms with E-state index < -0.39 is 24.5 Å². The van der Waals surface area contributed by atoms with Crippen LogP contribution in [0.2, 0.25) is 10.0 Å². The van der Waals surface area contributed by atoms with Gasteiger partial charge in [-0.1, -0.05) is 23.2 Å². The Bertz CT molecular complexity index is 734. The highest BCUT2D eigenvalue weighted by atomic mass is 35.5. The van der Waals surface area contributed by atoms with E-state index in [9.17, 15) is 10.2 Å². The van der Waals surface area contributed by atoms with E-state index in [1.165, 1.54) is 0 Å². The summed E-state index contributed by atoms with van der Waals surface area (Å²) in [7, 11) is 0. The van der Waals surface area contributed by atoms with Crippen LogP contribution in [0, 0.1) is 0 Å². The molecule has 3 rings (SSSR count). The number of hydrogen-bond donors (Lipinski definition) is 3. The number of imidazole rings is 1. The largest absolute Gasteiger partial charge is 0.388 e. The van der Waals surface area contributed by atoms with Crippen LogP contribution in [-0.2, 0) is 4.74 Å². The van der Waals surface area contributed by atoms with Crippen LogP contribution in [0.15, 0.2) is 12.1 Å². The molecular formula is C15H19Cl2N3O3. The first-order valence-electron chi connectivity index (χ1n) is 7.44. The van der Waals surface area contributed by atoms with Crippen LogP contribution < -0.4 is 5.32 Å². The molecule has 3 N–H and O–H groups in total. The summed E-state index contributed by atoms with van der Waals surface area (Å²) in [6.45, 7) is 5.67. The van der Waals surface area contributed by atoms with Crippen molar-refractivity contribution in [1.29, 1.82) is 0 Å². The van der Waals surface area contributed by atoms with Gasteiger partial charge in [-0.2, -0.15) is 0 Å². The number of nitrogens with one attached hydrogen (secondary N) is 1. The first-order valence-corrected chi connectivity index (χ1v) is 8.20. The number of aromatic nitrogens is 2. The standard InChI is InChI=1S/C15H19Cl2N3O3/c1-6(2)18-15-19-10-4-8(16)9(17)5-11(10)20(15)14-13(22)12(21)7(3)23-14/h4-7,12-14,21-22H,1-3H3,(H,18,19)/t7-,12-,13-,14+/m1/s1. The topological polar surface area (TPSA) is 79.5 Å². The Morgan fingerprint density at radius 3 is 2.43 bits per heavy atom. The van der Waals surface area contributed by atoms with E-state index in [4.69, 9.17) is 27.9 Å². The van der Waals surface area contributed by atoms with E-state index >= 15 is 0 Å². The van der Waals surface area contributed by atoms with Crippen molar-refractivity contribution in [2.75, 3.05) is 5.32 Å². The van der Waals surface area contributed by atoms with Crippen molar-refractivity contribution in [1.82, 2.24) is 9.55 Å². The third kappa shape index (κ3) is 2.90. The molecule has 0 saturated carbocycles. The van der Waals surface area contributed by atoms with Gasteiger partial charge in [-0.25, -0.2) is 4.98 Å². The smallest absolute Gasteiger partial charge is 0.206 e. The maximum absolute atomic E-state index is 10.3. The molecule has 0 bridgehead atoms. The number of ether oxygens (including phenoxy) is 1. The molecule has 1 fully saturated rings. The highest BCUT2D eigenvalue weighted by Gasteiger charge is 2.42. The van der Waals surface area contributed by atoms with Gasteiger partial charge in [-0.15, -0.1) is 0 Å². The van der Waals surface area contributed by atoms with Crippen LogP contribution >= 0.6 is 23.2 Å². The Balaban J connectivity index is 2.18. The Hall–Kier alpha value is -1.05. The molecule has 0 spiro atoms. The van der Waals surface area contributed by atoms with Gasteiger partial charge in [0.25, 0.3) is 0 Å². The van der Waals surface area contributed by atoms with E-state index in [0.717, 1.165) is 0 Å². The molecule has 8 heteroatoms. The number of anilines is 1. The summed E-state index contributed by atoms with van der Waals surface area (Å²) in [5, 5.41) is 24.3. The normalized spacial score (nSPS) is 28.0. The quantitative estimate of drug-likeness (QED) is 0.785. The van der Waals surface area contributed by atoms with E-state index in [1.807, 2.05) is 13.8 Å². The molecule has 6 nitrogen and oxygen atoms in total. The van der Waals surface area contributed by atoms with Crippen molar-refractivity contribution < 1.29 is 14.9 Å². The molecule has 1 saturated heterocycles. The van der Waals surface area contributed by atoms with Gasteiger partial charge in [-0.3, -0.25) is 4.57 Å². The molecule has 2 aromatic rings. The highest BCUT2D eigenvalue weighted by molar-refractivity contribution is 6.42. The van der Waals surface area contributed by atoms with Crippen LogP contribution in [0.25, 0.3) is 11.0 Å². The molecule has 4 atom stereocenters. The van der Waals surface area contributed by atoms with Crippen LogP contribution in [0.4, 0.5) is 5.95 Å². The summed E-state index contributed by atoms with van der Waals surface area (Å²) < 4.78 is 7.45. The number of halogens is 2. The predicted molar refractivity (Wildman–Crippen MR) is 90.1 cm³/mol. The van der Waals surface area contributed by atoms with Gasteiger partial charge in [0.1, 0.15) is 12.2 Å². The summed E-state index contributed by atoms with van der Waals surface area (Å²) in [4.78, 5) is 4.52. The molecule has 1 aromatic heterocycles. The third-order valence-corrected chi connectivity index (χ3v) is 4.60. The number of hydrogen-bond acceptors (Lipinski definition) is 5. The second-order valence-electron chi connectivity index (χ2n) is 6.07. The molecule has 0 radical (unpaired) electrons. The zero-order chi connectivity index (χ0) is 16.9. The van der Waals surface area contributed by atoms with Crippen molar-refractivity contribution in [2.24, 2.45) is 0 Å². The van der Waals surface area contributed by atoms with Crippen LogP contribution in [0.3, 0.4) is 0 Å². The SMILES string of the molecule is CC(C)Nc1nc2cc(Cl)c(Cl)cc2n1[C@H]1O[C@H](C)[C@@H](O)[C@H]1O. The monoisotopic (exact) mass is 359 g/mol. The molecule has 0 unspecified atom stereocenters. The molecule has 1 aliphatic rings. The Morgan fingerprint density at radius 2 is 1.87 bits per heavy atom. The van der Waals surface area contributed by atoms with E-state index in [0.29, 0.717) is 27.0 Å². The maximum Gasteiger partial charge on any atom is 0.206 e. The summed E-state index contributed by atoms with van der Waals surface area (Å²) in [5.74, 6) is 0.527. The van der Waals surface area contributed by atoms with E-state index in [1.54, 1.807) is 23.6 Å². The molecular weight excluding hydrogens is 341 g/mol. The first kappa shape index (κ1) is 16.8. The van der Waals surface area contributed by atoms with Crippen LogP contribution in [-0.4, -0.2) is 44.1 Å². The van der Waals surface area contributed by atoms with E-state index in [2.05, 4.69) is 10.3 Å². The van der Waals surface area contributed by atoms with E-state index in [-0.39, 0.29) is 6.04 Å². The lowest BCUT2D eigenvalue weighted by molar-refractivity contribution is -0.0284. The molecule has 2 heterocycles. The Morgan fingerprint density at radius 1 is 1.22 bits per heavy atom. The highest BCUT2D eigenvalue weighted by Crippen LogP contribution is 2.37. The fourth-order valence-corrected chi connectivity index (χ4v) is 3.06. The molecule has 126 valence electrons. The van der Waals surface area contributed by atoms with Gasteiger partial charge in [0.05, 0.1) is 27.2 Å². The second kappa shape index (κ2) is 6.11. The molecule has 0 aliphatic carbocycles. The van der Waals surface area contributed by atoms with Gasteiger partial charge >= 0.3 is 0 Å². The Kier molecular flexibility index (Phi) is 4.46. The van der Waals surface area contributed by atoms with Gasteiger partial charge in [0.15, 0.2) is 6.23 Å². The van der Waals surface area contributed by atoms with Crippen molar-refractivity contribution in [3.63, 3.8) is 0 Å². The summed E-state index contributed by atoms with van der Waals surface area (Å²) >= 11 is 12.2. The minimum absolute atomic E-state index is 0.123. The fraction of sp³-hybridized carbons (Fsp3) is 0.533. The van der Waals surface area contributed by atoms with Gasteiger partial charge in [-0.05, 0) is 32.9 Å². The lowest BCUT2D eigenvalue weighted by Gasteiger charge is -2.21. The minimum atomic E-state index is -1.07. The maximum atomic E-state index is 10.3. The average molecular weight is 360 g/mol. The van der Waals surface area contributed by atoms with Crippen LogP contribution in [0.1, 0.15) is 27.0 Å². The summed E-state index contributed by atoms with van der Waals surface area (Å²) in [6.07, 6.45) is -3.28.